The van der Waals surface area contributed by atoms with Crippen LogP contribution in [-0.4, -0.2) is 39.6 Å². The van der Waals surface area contributed by atoms with E-state index in [-0.39, 0.29) is 11.9 Å². The van der Waals surface area contributed by atoms with E-state index in [2.05, 4.69) is 15.3 Å². The second-order valence-electron chi connectivity index (χ2n) is 6.44. The Morgan fingerprint density at radius 1 is 1.11 bits per heavy atom. The van der Waals surface area contributed by atoms with Crippen LogP contribution in [0.15, 0.2) is 60.9 Å². The van der Waals surface area contributed by atoms with Crippen molar-refractivity contribution in [3.63, 3.8) is 0 Å². The normalized spacial score (nSPS) is 15.9. The topological polar surface area (TPSA) is 110 Å². The SMILES string of the molecule is O=C(NO)c1ccc(N(c2ccc(-c3ncc[nH]3)cc2)C2CCNC2=O)cc1. The minimum Gasteiger partial charge on any atom is -0.354 e. The minimum atomic E-state index is -0.584. The zero-order valence-electron chi connectivity index (χ0n) is 14.9. The third kappa shape index (κ3) is 3.33. The Balaban J connectivity index is 1.70. The number of H-pyrrole nitrogens is 1. The Morgan fingerprint density at radius 3 is 2.32 bits per heavy atom. The van der Waals surface area contributed by atoms with Gasteiger partial charge in [-0.1, -0.05) is 0 Å². The van der Waals surface area contributed by atoms with Crippen LogP contribution in [-0.2, 0) is 4.79 Å². The summed E-state index contributed by atoms with van der Waals surface area (Å²) in [4.78, 5) is 33.2. The highest BCUT2D eigenvalue weighted by Gasteiger charge is 2.31. The van der Waals surface area contributed by atoms with E-state index in [0.717, 1.165) is 22.8 Å². The second kappa shape index (κ2) is 7.53. The van der Waals surface area contributed by atoms with Gasteiger partial charge in [0.15, 0.2) is 0 Å². The van der Waals surface area contributed by atoms with Crippen molar-refractivity contribution >= 4 is 23.2 Å². The average molecular weight is 377 g/mol. The van der Waals surface area contributed by atoms with Gasteiger partial charge >= 0.3 is 0 Å². The van der Waals surface area contributed by atoms with Crippen LogP contribution in [0, 0.1) is 0 Å². The predicted molar refractivity (Wildman–Crippen MR) is 103 cm³/mol. The van der Waals surface area contributed by atoms with Crippen molar-refractivity contribution in [3.05, 3.63) is 66.5 Å². The van der Waals surface area contributed by atoms with Crippen molar-refractivity contribution in [2.75, 3.05) is 11.4 Å². The third-order valence-electron chi connectivity index (χ3n) is 4.76. The van der Waals surface area contributed by atoms with Gasteiger partial charge in [0, 0.05) is 41.4 Å². The van der Waals surface area contributed by atoms with Crippen LogP contribution in [0.1, 0.15) is 16.8 Å². The summed E-state index contributed by atoms with van der Waals surface area (Å²) in [7, 11) is 0. The number of imidazole rings is 1. The van der Waals surface area contributed by atoms with E-state index in [1.807, 2.05) is 29.2 Å². The Bertz CT molecular complexity index is 968. The summed E-state index contributed by atoms with van der Waals surface area (Å²) in [5.74, 6) is 0.155. The molecule has 8 nitrogen and oxygen atoms in total. The monoisotopic (exact) mass is 377 g/mol. The molecule has 28 heavy (non-hydrogen) atoms. The van der Waals surface area contributed by atoms with Crippen molar-refractivity contribution in [3.8, 4) is 11.4 Å². The van der Waals surface area contributed by atoms with E-state index < -0.39 is 5.91 Å². The first-order valence-electron chi connectivity index (χ1n) is 8.88. The van der Waals surface area contributed by atoms with E-state index in [9.17, 15) is 9.59 Å². The lowest BCUT2D eigenvalue weighted by Crippen LogP contribution is -2.37. The molecule has 142 valence electrons. The van der Waals surface area contributed by atoms with E-state index >= 15 is 0 Å². The highest BCUT2D eigenvalue weighted by molar-refractivity contribution is 5.94. The number of nitrogens with zero attached hydrogens (tertiary/aromatic N) is 2. The second-order valence-corrected chi connectivity index (χ2v) is 6.44. The lowest BCUT2D eigenvalue weighted by atomic mass is 10.1. The number of rotatable bonds is 5. The first kappa shape index (κ1) is 17.7. The summed E-state index contributed by atoms with van der Waals surface area (Å²) >= 11 is 0. The summed E-state index contributed by atoms with van der Waals surface area (Å²) in [5.41, 5.74) is 4.53. The van der Waals surface area contributed by atoms with Crippen LogP contribution in [0.25, 0.3) is 11.4 Å². The Morgan fingerprint density at radius 2 is 1.79 bits per heavy atom. The molecular weight excluding hydrogens is 358 g/mol. The van der Waals surface area contributed by atoms with Crippen LogP contribution in [0.3, 0.4) is 0 Å². The molecule has 4 rings (SSSR count). The number of aromatic nitrogens is 2. The van der Waals surface area contributed by atoms with Gasteiger partial charge in [0.25, 0.3) is 5.91 Å². The fraction of sp³-hybridized carbons (Fsp3) is 0.150. The van der Waals surface area contributed by atoms with Crippen LogP contribution in [0.4, 0.5) is 11.4 Å². The molecule has 0 saturated carbocycles. The van der Waals surface area contributed by atoms with Gasteiger partial charge in [-0.25, -0.2) is 10.5 Å². The summed E-state index contributed by atoms with van der Waals surface area (Å²) in [6.07, 6.45) is 4.14. The lowest BCUT2D eigenvalue weighted by molar-refractivity contribution is -0.120. The van der Waals surface area contributed by atoms with Crippen LogP contribution < -0.4 is 15.7 Å². The summed E-state index contributed by atoms with van der Waals surface area (Å²) in [6.45, 7) is 0.621. The third-order valence-corrected chi connectivity index (χ3v) is 4.76. The molecule has 8 heteroatoms. The van der Waals surface area contributed by atoms with Crippen LogP contribution in [0.2, 0.25) is 0 Å². The van der Waals surface area contributed by atoms with Crippen molar-refractivity contribution in [2.45, 2.75) is 12.5 Å². The van der Waals surface area contributed by atoms with Crippen molar-refractivity contribution < 1.29 is 14.8 Å². The number of hydrogen-bond donors (Lipinski definition) is 4. The molecule has 2 heterocycles. The number of hydroxylamine groups is 1. The Kier molecular flexibility index (Phi) is 4.77. The van der Waals surface area contributed by atoms with Gasteiger partial charge < -0.3 is 15.2 Å². The van der Waals surface area contributed by atoms with Crippen LogP contribution >= 0.6 is 0 Å². The van der Waals surface area contributed by atoms with Gasteiger partial charge in [-0.3, -0.25) is 14.8 Å². The zero-order valence-corrected chi connectivity index (χ0v) is 14.9. The lowest BCUT2D eigenvalue weighted by Gasteiger charge is -2.29. The predicted octanol–water partition coefficient (Wildman–Crippen LogP) is 2.22. The quantitative estimate of drug-likeness (QED) is 0.403. The Hall–Kier alpha value is -3.65. The first-order valence-corrected chi connectivity index (χ1v) is 8.88. The van der Waals surface area contributed by atoms with Gasteiger partial charge in [0.1, 0.15) is 11.9 Å². The van der Waals surface area contributed by atoms with Gasteiger partial charge in [-0.15, -0.1) is 0 Å². The molecule has 4 N–H and O–H groups in total. The molecule has 0 bridgehead atoms. The molecule has 1 saturated heterocycles. The molecule has 1 atom stereocenters. The van der Waals surface area contributed by atoms with E-state index in [4.69, 9.17) is 5.21 Å². The molecule has 0 spiro atoms. The van der Waals surface area contributed by atoms with Gasteiger partial charge in [-0.2, -0.15) is 0 Å². The standard InChI is InChI=1S/C20H19N5O3/c26-19(24-28)14-3-7-16(8-4-14)25(17-9-10-23-20(17)27)15-5-1-13(2-6-15)18-21-11-12-22-18/h1-8,11-12,17,28H,9-10H2,(H,21,22)(H,23,27)(H,24,26). The largest absolute Gasteiger partial charge is 0.354 e. The smallest absolute Gasteiger partial charge is 0.274 e. The summed E-state index contributed by atoms with van der Waals surface area (Å²) in [6, 6.07) is 14.2. The first-order chi connectivity index (χ1) is 13.7. The van der Waals surface area contributed by atoms with Crippen molar-refractivity contribution in [1.29, 1.82) is 0 Å². The molecule has 3 aromatic rings. The summed E-state index contributed by atoms with van der Waals surface area (Å²) < 4.78 is 0. The van der Waals surface area contributed by atoms with Crippen molar-refractivity contribution in [2.24, 2.45) is 0 Å². The molecule has 1 aliphatic heterocycles. The molecule has 2 amide bonds. The molecule has 1 fully saturated rings. The summed E-state index contributed by atoms with van der Waals surface area (Å²) in [5, 5.41) is 11.7. The highest BCUT2D eigenvalue weighted by atomic mass is 16.5. The average Bonchev–Trinajstić information content (AvgIpc) is 3.41. The molecule has 0 radical (unpaired) electrons. The van der Waals surface area contributed by atoms with E-state index in [0.29, 0.717) is 18.5 Å². The number of hydrogen-bond acceptors (Lipinski definition) is 5. The van der Waals surface area contributed by atoms with E-state index in [1.165, 1.54) is 0 Å². The number of nitrogens with one attached hydrogen (secondary N) is 3. The highest BCUT2D eigenvalue weighted by Crippen LogP contribution is 2.32. The fourth-order valence-electron chi connectivity index (χ4n) is 3.38. The number of carbonyl (C=O) groups excluding carboxylic acids is 2. The molecule has 2 aromatic carbocycles. The van der Waals surface area contributed by atoms with Crippen LogP contribution in [0.5, 0.6) is 0 Å². The van der Waals surface area contributed by atoms with Crippen molar-refractivity contribution in [1.82, 2.24) is 20.8 Å². The zero-order chi connectivity index (χ0) is 19.5. The number of benzene rings is 2. The molecule has 1 aromatic heterocycles. The molecule has 1 aliphatic rings. The number of anilines is 2. The van der Waals surface area contributed by atoms with Gasteiger partial charge in [0.2, 0.25) is 5.91 Å². The number of aromatic amines is 1. The van der Waals surface area contributed by atoms with E-state index in [1.54, 1.807) is 42.1 Å². The fourth-order valence-corrected chi connectivity index (χ4v) is 3.38. The number of amides is 2. The minimum absolute atomic E-state index is 0.0349. The maximum Gasteiger partial charge on any atom is 0.274 e. The van der Waals surface area contributed by atoms with Gasteiger partial charge in [-0.05, 0) is 55.0 Å². The molecule has 0 aliphatic carbocycles. The molecular formula is C20H19N5O3. The molecule has 1 unspecified atom stereocenters. The maximum absolute atomic E-state index is 12.4. The number of carbonyl (C=O) groups is 2. The van der Waals surface area contributed by atoms with Gasteiger partial charge in [0.05, 0.1) is 0 Å². The maximum atomic E-state index is 12.4. The Labute approximate surface area is 161 Å².